The first kappa shape index (κ1) is 16.6. The smallest absolute Gasteiger partial charge is 0.347 e. The highest BCUT2D eigenvalue weighted by molar-refractivity contribution is 8.29. The van der Waals surface area contributed by atoms with E-state index in [2.05, 4.69) is 0 Å². The molecule has 0 unspecified atom stereocenters. The molecule has 0 spiro atoms. The maximum absolute atomic E-state index is 12.0. The van der Waals surface area contributed by atoms with Gasteiger partial charge in [0.25, 0.3) is 11.8 Å². The Hall–Kier alpha value is -1.74. The molecular formula is C13H13NO6S2. The van der Waals surface area contributed by atoms with E-state index in [1.54, 1.807) is 13.8 Å². The summed E-state index contributed by atoms with van der Waals surface area (Å²) in [4.78, 5) is 49.2. The van der Waals surface area contributed by atoms with Crippen LogP contribution >= 0.6 is 23.5 Å². The monoisotopic (exact) mass is 343 g/mol. The molecular weight excluding hydrogens is 330 g/mol. The molecule has 2 amide bonds. The first-order valence-electron chi connectivity index (χ1n) is 6.43. The highest BCUT2D eigenvalue weighted by Crippen LogP contribution is 2.54. The van der Waals surface area contributed by atoms with Crippen molar-refractivity contribution in [1.82, 2.24) is 4.90 Å². The minimum Gasteiger partial charge on any atom is -0.462 e. The topological polar surface area (TPSA) is 90.0 Å². The number of imide groups is 1. The van der Waals surface area contributed by atoms with Crippen LogP contribution < -0.4 is 0 Å². The summed E-state index contributed by atoms with van der Waals surface area (Å²) in [5.74, 6) is -2.55. The van der Waals surface area contributed by atoms with Crippen LogP contribution in [0, 0.1) is 0 Å². The van der Waals surface area contributed by atoms with Gasteiger partial charge in [-0.25, -0.2) is 9.59 Å². The molecule has 2 aliphatic heterocycles. The number of likely N-dealkylation sites (N-methyl/N-ethyl adjacent to an activating group) is 1. The Morgan fingerprint density at radius 1 is 0.955 bits per heavy atom. The van der Waals surface area contributed by atoms with Crippen LogP contribution in [0.3, 0.4) is 0 Å². The summed E-state index contributed by atoms with van der Waals surface area (Å²) < 4.78 is 9.95. The maximum atomic E-state index is 12.0. The summed E-state index contributed by atoms with van der Waals surface area (Å²) >= 11 is 1.84. The number of rotatable bonds is 4. The molecule has 2 heterocycles. The van der Waals surface area contributed by atoms with Gasteiger partial charge >= 0.3 is 11.9 Å². The number of amides is 2. The number of esters is 2. The van der Waals surface area contributed by atoms with Crippen LogP contribution in [-0.4, -0.2) is 48.9 Å². The Labute approximate surface area is 135 Å². The molecule has 0 aromatic rings. The van der Waals surface area contributed by atoms with Crippen molar-refractivity contribution in [3.63, 3.8) is 0 Å². The van der Waals surface area contributed by atoms with Gasteiger partial charge in [-0.15, -0.1) is 0 Å². The Morgan fingerprint density at radius 2 is 1.36 bits per heavy atom. The zero-order valence-electron chi connectivity index (χ0n) is 12.1. The van der Waals surface area contributed by atoms with E-state index in [0.29, 0.717) is 0 Å². The summed E-state index contributed by atoms with van der Waals surface area (Å²) in [7, 11) is 1.38. The summed E-state index contributed by atoms with van der Waals surface area (Å²) in [6.07, 6.45) is 0. The van der Waals surface area contributed by atoms with Gasteiger partial charge in [-0.1, -0.05) is 23.5 Å². The molecule has 9 heteroatoms. The van der Waals surface area contributed by atoms with Gasteiger partial charge in [0.1, 0.15) is 0 Å². The number of thioether (sulfide) groups is 2. The van der Waals surface area contributed by atoms with Crippen molar-refractivity contribution < 1.29 is 28.7 Å². The highest BCUT2D eigenvalue weighted by Gasteiger charge is 2.44. The Kier molecular flexibility index (Phi) is 4.97. The van der Waals surface area contributed by atoms with Gasteiger partial charge in [0, 0.05) is 7.05 Å². The fraction of sp³-hybridized carbons (Fsp3) is 0.385. The van der Waals surface area contributed by atoms with Crippen molar-refractivity contribution in [2.45, 2.75) is 13.8 Å². The molecule has 2 rings (SSSR count). The van der Waals surface area contributed by atoms with Gasteiger partial charge < -0.3 is 9.47 Å². The number of ether oxygens (including phenoxy) is 2. The van der Waals surface area contributed by atoms with Crippen molar-refractivity contribution in [2.75, 3.05) is 20.3 Å². The third-order valence-corrected chi connectivity index (χ3v) is 5.33. The van der Waals surface area contributed by atoms with Gasteiger partial charge in [-0.3, -0.25) is 14.5 Å². The average Bonchev–Trinajstić information content (AvgIpc) is 2.97. The molecule has 0 N–H and O–H groups in total. The van der Waals surface area contributed by atoms with Crippen molar-refractivity contribution in [3.05, 3.63) is 19.6 Å². The van der Waals surface area contributed by atoms with Crippen LogP contribution in [0.4, 0.5) is 0 Å². The van der Waals surface area contributed by atoms with E-state index in [1.165, 1.54) is 7.05 Å². The van der Waals surface area contributed by atoms with E-state index in [9.17, 15) is 19.2 Å². The number of hydrogen-bond donors (Lipinski definition) is 0. The van der Waals surface area contributed by atoms with Gasteiger partial charge in [0.2, 0.25) is 0 Å². The van der Waals surface area contributed by atoms with Crippen molar-refractivity contribution in [1.29, 1.82) is 0 Å². The first-order valence-corrected chi connectivity index (χ1v) is 8.06. The maximum Gasteiger partial charge on any atom is 0.347 e. The van der Waals surface area contributed by atoms with Crippen LogP contribution in [-0.2, 0) is 28.7 Å². The second-order valence-corrected chi connectivity index (χ2v) is 6.43. The second kappa shape index (κ2) is 6.57. The summed E-state index contributed by atoms with van der Waals surface area (Å²) in [5, 5.41) is 0. The SMILES string of the molecule is CCOC(=O)C(C(=O)OCC)=C1SC2=C(S1)C(=O)N(C)C2=O. The molecule has 7 nitrogen and oxygen atoms in total. The predicted molar refractivity (Wildman–Crippen MR) is 80.3 cm³/mol. The zero-order chi connectivity index (χ0) is 16.4. The predicted octanol–water partition coefficient (Wildman–Crippen LogP) is 1.01. The van der Waals surface area contributed by atoms with Crippen LogP contribution in [0.1, 0.15) is 13.8 Å². The number of hydrogen-bond acceptors (Lipinski definition) is 8. The molecule has 22 heavy (non-hydrogen) atoms. The van der Waals surface area contributed by atoms with E-state index in [1.807, 2.05) is 0 Å². The van der Waals surface area contributed by atoms with Crippen LogP contribution in [0.2, 0.25) is 0 Å². The Bertz CT molecular complexity index is 586. The van der Waals surface area contributed by atoms with E-state index >= 15 is 0 Å². The number of carbonyl (C=O) groups is 4. The van der Waals surface area contributed by atoms with Crippen LogP contribution in [0.15, 0.2) is 19.6 Å². The summed E-state index contributed by atoms with van der Waals surface area (Å²) in [6, 6.07) is 0. The molecule has 0 fully saturated rings. The van der Waals surface area contributed by atoms with E-state index < -0.39 is 23.8 Å². The molecule has 0 saturated heterocycles. The fourth-order valence-electron chi connectivity index (χ4n) is 1.74. The molecule has 0 radical (unpaired) electrons. The largest absolute Gasteiger partial charge is 0.462 e. The quantitative estimate of drug-likeness (QED) is 0.246. The summed E-state index contributed by atoms with van der Waals surface area (Å²) in [5.41, 5.74) is -0.281. The van der Waals surface area contributed by atoms with Gasteiger partial charge in [-0.05, 0) is 13.8 Å². The highest BCUT2D eigenvalue weighted by atomic mass is 32.2. The number of nitrogens with zero attached hydrogens (tertiary/aromatic N) is 1. The fourth-order valence-corrected chi connectivity index (χ4v) is 4.37. The minimum absolute atomic E-state index is 0.0953. The van der Waals surface area contributed by atoms with E-state index in [-0.39, 0.29) is 32.8 Å². The third-order valence-electron chi connectivity index (χ3n) is 2.76. The first-order chi connectivity index (χ1) is 10.4. The van der Waals surface area contributed by atoms with Gasteiger partial charge in [-0.2, -0.15) is 0 Å². The lowest BCUT2D eigenvalue weighted by atomic mass is 10.3. The van der Waals surface area contributed by atoms with Crippen molar-refractivity contribution in [3.8, 4) is 0 Å². The van der Waals surface area contributed by atoms with Gasteiger partial charge in [0.05, 0.1) is 27.3 Å². The molecule has 0 bridgehead atoms. The normalized spacial score (nSPS) is 17.0. The van der Waals surface area contributed by atoms with Crippen LogP contribution in [0.5, 0.6) is 0 Å². The standard InChI is InChI=1S/C13H13NO6S2/c1-4-19-11(17)6(12(18)20-5-2)13-21-7-8(22-13)10(16)14(3)9(7)15/h4-5H2,1-3H3. The van der Waals surface area contributed by atoms with Crippen LogP contribution in [0.25, 0.3) is 0 Å². The van der Waals surface area contributed by atoms with Crippen molar-refractivity contribution >= 4 is 47.3 Å². The molecule has 0 saturated carbocycles. The molecule has 0 atom stereocenters. The molecule has 2 aliphatic rings. The third kappa shape index (κ3) is 2.78. The van der Waals surface area contributed by atoms with E-state index in [0.717, 1.165) is 28.4 Å². The lowest BCUT2D eigenvalue weighted by Crippen LogP contribution is -2.27. The van der Waals surface area contributed by atoms with E-state index in [4.69, 9.17) is 9.47 Å². The second-order valence-electron chi connectivity index (χ2n) is 4.14. The minimum atomic E-state index is -0.828. The Balaban J connectivity index is 2.35. The molecule has 0 aliphatic carbocycles. The molecule has 0 aromatic heterocycles. The van der Waals surface area contributed by atoms with Crippen molar-refractivity contribution in [2.24, 2.45) is 0 Å². The average molecular weight is 343 g/mol. The Morgan fingerprint density at radius 3 is 1.73 bits per heavy atom. The molecule has 118 valence electrons. The summed E-state index contributed by atoms with van der Waals surface area (Å²) in [6.45, 7) is 3.41. The zero-order valence-corrected chi connectivity index (χ0v) is 13.8. The lowest BCUT2D eigenvalue weighted by Gasteiger charge is -2.12. The lowest BCUT2D eigenvalue weighted by molar-refractivity contribution is -0.146. The van der Waals surface area contributed by atoms with Gasteiger partial charge in [0.15, 0.2) is 5.57 Å². The number of carbonyl (C=O) groups excluding carboxylic acids is 4. The molecule has 0 aromatic carbocycles.